The maximum atomic E-state index is 13.1. The molecule has 0 saturated heterocycles. The van der Waals surface area contributed by atoms with Crippen molar-refractivity contribution in [3.8, 4) is 0 Å². The van der Waals surface area contributed by atoms with Crippen molar-refractivity contribution >= 4 is 29.8 Å². The highest BCUT2D eigenvalue weighted by Gasteiger charge is 2.31. The molecule has 1 unspecified atom stereocenters. The van der Waals surface area contributed by atoms with Gasteiger partial charge in [-0.15, -0.1) is 0 Å². The van der Waals surface area contributed by atoms with E-state index in [0.29, 0.717) is 6.42 Å². The average Bonchev–Trinajstić information content (AvgIpc) is 2.29. The van der Waals surface area contributed by atoms with Gasteiger partial charge in [-0.2, -0.15) is 0 Å². The van der Waals surface area contributed by atoms with E-state index in [9.17, 15) is 24.3 Å². The molecular formula is C10H14FN2O4PS. The van der Waals surface area contributed by atoms with Crippen LogP contribution in [0.1, 0.15) is 20.3 Å². The van der Waals surface area contributed by atoms with Gasteiger partial charge in [0.1, 0.15) is 11.5 Å². The number of benzene rings is 1. The quantitative estimate of drug-likeness (QED) is 0.494. The Morgan fingerprint density at radius 2 is 2.16 bits per heavy atom. The van der Waals surface area contributed by atoms with Crippen molar-refractivity contribution in [2.45, 2.75) is 26.3 Å². The third kappa shape index (κ3) is 3.70. The lowest BCUT2D eigenvalue weighted by Crippen LogP contribution is -2.29. The Morgan fingerprint density at radius 3 is 2.58 bits per heavy atom. The summed E-state index contributed by atoms with van der Waals surface area (Å²) < 4.78 is 14.1. The minimum Gasteiger partial charge on any atom is -0.329 e. The molecule has 0 amide bonds. The van der Waals surface area contributed by atoms with Gasteiger partial charge in [0.05, 0.1) is 11.0 Å². The Bertz CT molecular complexity index is 536. The zero-order valence-electron chi connectivity index (χ0n) is 10.4. The molecule has 0 spiro atoms. The van der Waals surface area contributed by atoms with Gasteiger partial charge in [0.15, 0.2) is 0 Å². The molecule has 2 N–H and O–H groups in total. The molecule has 9 heteroatoms. The maximum Gasteiger partial charge on any atom is 0.295 e. The van der Waals surface area contributed by atoms with Crippen LogP contribution in [0.5, 0.6) is 0 Å². The fourth-order valence-electron chi connectivity index (χ4n) is 1.64. The van der Waals surface area contributed by atoms with E-state index in [-0.39, 0.29) is 5.69 Å². The normalized spacial score (nSPS) is 13.1. The number of nitrogens with zero attached hydrogens (tertiary/aromatic N) is 2. The summed E-state index contributed by atoms with van der Waals surface area (Å²) in [5.74, 6) is -0.774. The fraction of sp³-hybridized carbons (Fsp3) is 0.400. The standard InChI is InChI=1S/C10H14FN2O4PS/c1-3-7(2)12(18(16,17)19)9-5-4-8(11)6-10(9)13(14)15/h4-7H,3H2,1-2H3,(H2,16,17,19). The first kappa shape index (κ1) is 16.0. The molecule has 106 valence electrons. The van der Waals surface area contributed by atoms with E-state index in [0.717, 1.165) is 22.9 Å². The third-order valence-electron chi connectivity index (χ3n) is 2.67. The largest absolute Gasteiger partial charge is 0.329 e. The van der Waals surface area contributed by atoms with Crippen molar-refractivity contribution in [1.29, 1.82) is 0 Å². The van der Waals surface area contributed by atoms with Crippen LogP contribution in [-0.4, -0.2) is 20.8 Å². The van der Waals surface area contributed by atoms with Crippen LogP contribution >= 0.6 is 6.64 Å². The Morgan fingerprint density at radius 1 is 1.58 bits per heavy atom. The number of nitro benzene ring substituents is 1. The van der Waals surface area contributed by atoms with Gasteiger partial charge in [0, 0.05) is 6.04 Å². The van der Waals surface area contributed by atoms with Gasteiger partial charge in [-0.05, 0) is 37.3 Å². The van der Waals surface area contributed by atoms with Crippen LogP contribution in [0.2, 0.25) is 0 Å². The zero-order valence-corrected chi connectivity index (χ0v) is 12.1. The van der Waals surface area contributed by atoms with E-state index in [2.05, 4.69) is 11.8 Å². The second-order valence-electron chi connectivity index (χ2n) is 4.01. The van der Waals surface area contributed by atoms with E-state index < -0.39 is 29.1 Å². The number of nitro groups is 1. The number of hydrogen-bond donors (Lipinski definition) is 2. The molecule has 0 fully saturated rings. The first-order valence-corrected chi connectivity index (χ1v) is 8.13. The summed E-state index contributed by atoms with van der Waals surface area (Å²) in [4.78, 5) is 29.6. The van der Waals surface area contributed by atoms with Crippen LogP contribution < -0.4 is 4.67 Å². The van der Waals surface area contributed by atoms with E-state index in [1.807, 2.05) is 0 Å². The summed E-state index contributed by atoms with van der Waals surface area (Å²) in [5.41, 5.74) is -0.633. The molecule has 0 saturated carbocycles. The molecule has 19 heavy (non-hydrogen) atoms. The zero-order chi connectivity index (χ0) is 14.8. The molecule has 0 radical (unpaired) electrons. The van der Waals surface area contributed by atoms with E-state index in [1.54, 1.807) is 13.8 Å². The highest BCUT2D eigenvalue weighted by Crippen LogP contribution is 2.49. The molecule has 0 aliphatic rings. The molecule has 6 nitrogen and oxygen atoms in total. The van der Waals surface area contributed by atoms with Gasteiger partial charge < -0.3 is 9.79 Å². The lowest BCUT2D eigenvalue weighted by molar-refractivity contribution is -0.384. The van der Waals surface area contributed by atoms with Crippen LogP contribution in [0.3, 0.4) is 0 Å². The highest BCUT2D eigenvalue weighted by atomic mass is 32.5. The molecular weight excluding hydrogens is 294 g/mol. The second kappa shape index (κ2) is 5.92. The van der Waals surface area contributed by atoms with Crippen molar-refractivity contribution in [2.75, 3.05) is 4.67 Å². The van der Waals surface area contributed by atoms with Crippen molar-refractivity contribution < 1.29 is 19.1 Å². The van der Waals surface area contributed by atoms with Crippen LogP contribution in [0.25, 0.3) is 0 Å². The average molecular weight is 308 g/mol. The number of hydrogen-bond acceptors (Lipinski definition) is 3. The Kier molecular flexibility index (Phi) is 4.98. The number of halogens is 1. The van der Waals surface area contributed by atoms with Crippen LogP contribution in [-0.2, 0) is 11.8 Å². The van der Waals surface area contributed by atoms with Crippen molar-refractivity contribution in [3.63, 3.8) is 0 Å². The Labute approximate surface area is 114 Å². The topological polar surface area (TPSA) is 86.8 Å². The maximum absolute atomic E-state index is 13.1. The molecule has 1 atom stereocenters. The monoisotopic (exact) mass is 308 g/mol. The predicted molar refractivity (Wildman–Crippen MR) is 74.0 cm³/mol. The summed E-state index contributed by atoms with van der Waals surface area (Å²) in [7, 11) is 0. The van der Waals surface area contributed by atoms with Crippen molar-refractivity contribution in [2.24, 2.45) is 0 Å². The lowest BCUT2D eigenvalue weighted by atomic mass is 10.2. The lowest BCUT2D eigenvalue weighted by Gasteiger charge is -2.33. The first-order chi connectivity index (χ1) is 8.68. The SMILES string of the molecule is CCC(C)N(c1ccc(F)cc1[N+](=O)[O-])P(O)(O)=S. The third-order valence-corrected chi connectivity index (χ3v) is 4.37. The molecule has 0 heterocycles. The Balaban J connectivity index is 3.47. The van der Waals surface area contributed by atoms with Gasteiger partial charge in [-0.25, -0.2) is 4.39 Å². The summed E-state index contributed by atoms with van der Waals surface area (Å²) in [6, 6.07) is 2.45. The molecule has 0 aromatic heterocycles. The predicted octanol–water partition coefficient (Wildman–Crippen LogP) is 2.55. The van der Waals surface area contributed by atoms with E-state index in [1.165, 1.54) is 0 Å². The molecule has 0 aliphatic carbocycles. The van der Waals surface area contributed by atoms with Crippen molar-refractivity contribution in [3.05, 3.63) is 34.1 Å². The molecule has 0 aliphatic heterocycles. The summed E-state index contributed by atoms with van der Waals surface area (Å²) in [5, 5.41) is 10.9. The van der Waals surface area contributed by atoms with E-state index >= 15 is 0 Å². The fourth-order valence-corrected chi connectivity index (χ4v) is 3.52. The number of anilines is 1. The van der Waals surface area contributed by atoms with E-state index in [4.69, 9.17) is 0 Å². The molecule has 1 aromatic rings. The molecule has 1 rings (SSSR count). The van der Waals surface area contributed by atoms with Crippen LogP contribution in [0.4, 0.5) is 15.8 Å². The van der Waals surface area contributed by atoms with Gasteiger partial charge in [0.2, 0.25) is 0 Å². The summed E-state index contributed by atoms with van der Waals surface area (Å²) >= 11 is 4.64. The summed E-state index contributed by atoms with van der Waals surface area (Å²) in [6.45, 7) is -0.483. The highest BCUT2D eigenvalue weighted by molar-refractivity contribution is 8.09. The van der Waals surface area contributed by atoms with Crippen molar-refractivity contribution in [1.82, 2.24) is 0 Å². The van der Waals surface area contributed by atoms with Gasteiger partial charge in [0.25, 0.3) is 12.3 Å². The molecule has 0 bridgehead atoms. The smallest absolute Gasteiger partial charge is 0.295 e. The van der Waals surface area contributed by atoms with Gasteiger partial charge in [-0.1, -0.05) is 6.92 Å². The Hall–Kier alpha value is -1.08. The van der Waals surface area contributed by atoms with Crippen LogP contribution in [0, 0.1) is 15.9 Å². The number of rotatable bonds is 5. The minimum atomic E-state index is -3.91. The van der Waals surface area contributed by atoms with Crippen LogP contribution in [0.15, 0.2) is 18.2 Å². The first-order valence-electron chi connectivity index (χ1n) is 5.47. The van der Waals surface area contributed by atoms with Gasteiger partial charge >= 0.3 is 0 Å². The van der Waals surface area contributed by atoms with Gasteiger partial charge in [-0.3, -0.25) is 14.8 Å². The molecule has 1 aromatic carbocycles. The minimum absolute atomic E-state index is 0.0888. The second-order valence-corrected chi connectivity index (χ2v) is 6.93. The summed E-state index contributed by atoms with van der Waals surface area (Å²) in [6.07, 6.45) is 0.494.